The van der Waals surface area contributed by atoms with E-state index in [1.165, 1.54) is 24.2 Å². The predicted molar refractivity (Wildman–Crippen MR) is 83.3 cm³/mol. The number of hydrogen-bond donors (Lipinski definition) is 0. The van der Waals surface area contributed by atoms with Crippen molar-refractivity contribution in [3.8, 4) is 0 Å². The maximum Gasteiger partial charge on any atom is 0.319 e. The summed E-state index contributed by atoms with van der Waals surface area (Å²) in [6, 6.07) is 9.96. The number of nitrogens with zero attached hydrogens (tertiary/aromatic N) is 5. The van der Waals surface area contributed by atoms with Crippen molar-refractivity contribution in [2.45, 2.75) is 30.9 Å². The minimum absolute atomic E-state index is 0.310. The summed E-state index contributed by atoms with van der Waals surface area (Å²) in [6.45, 7) is -0.0668. The number of imidazole rings is 1. The van der Waals surface area contributed by atoms with Crippen molar-refractivity contribution in [3.63, 3.8) is 0 Å². The fourth-order valence-electron chi connectivity index (χ4n) is 2.18. The van der Waals surface area contributed by atoms with Gasteiger partial charge in [0, 0.05) is 12.4 Å². The highest BCUT2D eigenvalue weighted by molar-refractivity contribution is 7.98. The molecule has 0 radical (unpaired) electrons. The summed E-state index contributed by atoms with van der Waals surface area (Å²) in [5.41, 5.74) is 1.13. The first-order valence-electron chi connectivity index (χ1n) is 7.01. The Morgan fingerprint density at radius 1 is 1.17 bits per heavy atom. The van der Waals surface area contributed by atoms with Crippen molar-refractivity contribution in [2.75, 3.05) is 0 Å². The zero-order valence-corrected chi connectivity index (χ0v) is 13.2. The van der Waals surface area contributed by atoms with Crippen LogP contribution in [0.15, 0.2) is 47.9 Å². The van der Waals surface area contributed by atoms with E-state index in [1.807, 2.05) is 41.8 Å². The molecule has 0 bridgehead atoms. The van der Waals surface area contributed by atoms with E-state index in [9.17, 15) is 8.78 Å². The Labute approximate surface area is 136 Å². The van der Waals surface area contributed by atoms with Crippen molar-refractivity contribution >= 4 is 11.8 Å². The number of aryl methyl sites for hydroxylation is 1. The molecule has 5 nitrogen and oxygen atoms in total. The number of alkyl halides is 2. The molecule has 0 saturated carbocycles. The second-order valence-corrected chi connectivity index (χ2v) is 5.86. The quantitative estimate of drug-likeness (QED) is 0.647. The number of halogens is 2. The molecule has 0 spiro atoms. The van der Waals surface area contributed by atoms with Gasteiger partial charge in [0.2, 0.25) is 0 Å². The maximum absolute atomic E-state index is 12.8. The Morgan fingerprint density at radius 3 is 2.70 bits per heavy atom. The van der Waals surface area contributed by atoms with Crippen LogP contribution in [0.25, 0.3) is 0 Å². The van der Waals surface area contributed by atoms with Crippen molar-refractivity contribution in [3.05, 3.63) is 59.9 Å². The van der Waals surface area contributed by atoms with Crippen LogP contribution in [0.2, 0.25) is 0 Å². The van der Waals surface area contributed by atoms with E-state index in [0.717, 1.165) is 16.0 Å². The smallest absolute Gasteiger partial charge is 0.302 e. The van der Waals surface area contributed by atoms with Crippen LogP contribution < -0.4 is 0 Å². The SMILES string of the molecule is Cc1nnc(SCc2nccn2C(F)F)n1Cc1ccccc1. The zero-order chi connectivity index (χ0) is 16.2. The van der Waals surface area contributed by atoms with Crippen LogP contribution in [0.5, 0.6) is 0 Å². The first kappa shape index (κ1) is 15.7. The fraction of sp³-hybridized carbons (Fsp3) is 0.267. The van der Waals surface area contributed by atoms with E-state index in [-0.39, 0.29) is 0 Å². The van der Waals surface area contributed by atoms with Crippen LogP contribution in [0.1, 0.15) is 23.8 Å². The molecule has 0 saturated heterocycles. The van der Waals surface area contributed by atoms with Gasteiger partial charge in [0.25, 0.3) is 0 Å². The zero-order valence-electron chi connectivity index (χ0n) is 12.4. The third-order valence-corrected chi connectivity index (χ3v) is 4.34. The molecule has 3 aromatic rings. The molecule has 8 heteroatoms. The minimum atomic E-state index is -2.59. The van der Waals surface area contributed by atoms with E-state index in [1.54, 1.807) is 0 Å². The molecular weight excluding hydrogens is 320 g/mol. The molecule has 1 aromatic carbocycles. The minimum Gasteiger partial charge on any atom is -0.302 e. The van der Waals surface area contributed by atoms with Gasteiger partial charge in [-0.05, 0) is 12.5 Å². The molecule has 0 amide bonds. The summed E-state index contributed by atoms with van der Waals surface area (Å²) in [6.07, 6.45) is 2.66. The van der Waals surface area contributed by atoms with Gasteiger partial charge >= 0.3 is 6.55 Å². The van der Waals surface area contributed by atoms with Crippen molar-refractivity contribution in [1.82, 2.24) is 24.3 Å². The fourth-order valence-corrected chi connectivity index (χ4v) is 3.11. The molecule has 2 heterocycles. The number of aromatic nitrogens is 5. The van der Waals surface area contributed by atoms with E-state index >= 15 is 0 Å². The Kier molecular flexibility index (Phi) is 4.71. The third-order valence-electron chi connectivity index (χ3n) is 3.37. The number of benzene rings is 1. The first-order valence-corrected chi connectivity index (χ1v) is 8.00. The Hall–Kier alpha value is -2.22. The van der Waals surface area contributed by atoms with E-state index in [2.05, 4.69) is 15.2 Å². The average Bonchev–Trinajstić information content (AvgIpc) is 3.15. The summed E-state index contributed by atoms with van der Waals surface area (Å²) >= 11 is 1.35. The highest BCUT2D eigenvalue weighted by Crippen LogP contribution is 2.24. The molecule has 2 aromatic heterocycles. The Balaban J connectivity index is 1.75. The van der Waals surface area contributed by atoms with Gasteiger partial charge in [-0.1, -0.05) is 42.1 Å². The van der Waals surface area contributed by atoms with Gasteiger partial charge in [-0.15, -0.1) is 10.2 Å². The lowest BCUT2D eigenvalue weighted by molar-refractivity contribution is 0.0678. The summed E-state index contributed by atoms with van der Waals surface area (Å²) in [4.78, 5) is 3.98. The van der Waals surface area contributed by atoms with E-state index in [0.29, 0.717) is 23.3 Å². The summed E-state index contributed by atoms with van der Waals surface area (Å²) < 4.78 is 28.5. The number of rotatable bonds is 6. The van der Waals surface area contributed by atoms with Gasteiger partial charge in [0.05, 0.1) is 12.3 Å². The molecule has 0 atom stereocenters. The van der Waals surface area contributed by atoms with E-state index in [4.69, 9.17) is 0 Å². The molecule has 0 unspecified atom stereocenters. The van der Waals surface area contributed by atoms with Crippen LogP contribution in [0.3, 0.4) is 0 Å². The van der Waals surface area contributed by atoms with Gasteiger partial charge in [-0.2, -0.15) is 8.78 Å². The molecule has 0 aliphatic carbocycles. The highest BCUT2D eigenvalue weighted by atomic mass is 32.2. The van der Waals surface area contributed by atoms with Crippen LogP contribution >= 0.6 is 11.8 Å². The van der Waals surface area contributed by atoms with Gasteiger partial charge in [0.15, 0.2) is 5.16 Å². The molecule has 120 valence electrons. The lowest BCUT2D eigenvalue weighted by Gasteiger charge is -2.09. The average molecular weight is 335 g/mol. The van der Waals surface area contributed by atoms with Gasteiger partial charge in [-0.3, -0.25) is 4.57 Å². The topological polar surface area (TPSA) is 48.5 Å². The molecule has 0 N–H and O–H groups in total. The predicted octanol–water partition coefficient (Wildman–Crippen LogP) is 3.52. The van der Waals surface area contributed by atoms with Crippen molar-refractivity contribution in [2.24, 2.45) is 0 Å². The Morgan fingerprint density at radius 2 is 1.96 bits per heavy atom. The maximum atomic E-state index is 12.8. The standard InChI is InChI=1S/C15H15F2N5S/c1-11-19-20-15(22(11)9-12-5-3-2-4-6-12)23-10-13-18-7-8-21(13)14(16)17/h2-8,14H,9-10H2,1H3. The van der Waals surface area contributed by atoms with Crippen LogP contribution in [0.4, 0.5) is 8.78 Å². The largest absolute Gasteiger partial charge is 0.319 e. The van der Waals surface area contributed by atoms with Crippen molar-refractivity contribution < 1.29 is 8.78 Å². The van der Waals surface area contributed by atoms with E-state index < -0.39 is 6.55 Å². The normalized spacial score (nSPS) is 11.3. The first-order chi connectivity index (χ1) is 11.1. The molecule has 0 aliphatic heterocycles. The molecule has 0 fully saturated rings. The van der Waals surface area contributed by atoms with Gasteiger partial charge < -0.3 is 4.57 Å². The second kappa shape index (κ2) is 6.91. The summed E-state index contributed by atoms with van der Waals surface area (Å²) in [7, 11) is 0. The third kappa shape index (κ3) is 3.58. The number of hydrogen-bond acceptors (Lipinski definition) is 4. The monoisotopic (exact) mass is 335 g/mol. The Bertz CT molecular complexity index is 769. The lowest BCUT2D eigenvalue weighted by Crippen LogP contribution is -2.05. The van der Waals surface area contributed by atoms with Gasteiger partial charge in [0.1, 0.15) is 11.6 Å². The second-order valence-electron chi connectivity index (χ2n) is 4.92. The number of thioether (sulfide) groups is 1. The van der Waals surface area contributed by atoms with Gasteiger partial charge in [-0.25, -0.2) is 4.98 Å². The van der Waals surface area contributed by atoms with Crippen molar-refractivity contribution in [1.29, 1.82) is 0 Å². The molecule has 0 aliphatic rings. The highest BCUT2D eigenvalue weighted by Gasteiger charge is 2.15. The van der Waals surface area contributed by atoms with Crippen LogP contribution in [0, 0.1) is 6.92 Å². The van der Waals surface area contributed by atoms with Crippen LogP contribution in [-0.2, 0) is 12.3 Å². The lowest BCUT2D eigenvalue weighted by atomic mass is 10.2. The summed E-state index contributed by atoms with van der Waals surface area (Å²) in [5.74, 6) is 1.41. The summed E-state index contributed by atoms with van der Waals surface area (Å²) in [5, 5.41) is 8.91. The molecule has 23 heavy (non-hydrogen) atoms. The van der Waals surface area contributed by atoms with Crippen LogP contribution in [-0.4, -0.2) is 24.3 Å². The molecule has 3 rings (SSSR count). The molecular formula is C15H15F2N5S.